The Hall–Kier alpha value is -3.08. The number of nitrogens with zero attached hydrogens (tertiary/aromatic N) is 1. The lowest BCUT2D eigenvalue weighted by molar-refractivity contribution is -0.117. The molecular weight excluding hydrogens is 443 g/mol. The van der Waals surface area contributed by atoms with Gasteiger partial charge in [0.05, 0.1) is 10.0 Å². The molecule has 0 aliphatic carbocycles. The highest BCUT2D eigenvalue weighted by molar-refractivity contribution is 6.42. The Morgan fingerprint density at radius 3 is 2.22 bits per heavy atom. The average molecular weight is 467 g/mol. The van der Waals surface area contributed by atoms with Gasteiger partial charge in [0.1, 0.15) is 0 Å². The van der Waals surface area contributed by atoms with Gasteiger partial charge in [-0.05, 0) is 47.5 Å². The SMILES string of the molecule is CN(C)c1ccc(/C=C(\CC(=O)c2ccc(Cl)c(Cl)c2)C(=O)NCc2ccccc2)cc1. The lowest BCUT2D eigenvalue weighted by Gasteiger charge is -2.13. The van der Waals surface area contributed by atoms with Crippen LogP contribution in [0.1, 0.15) is 27.9 Å². The van der Waals surface area contributed by atoms with Crippen LogP contribution in [0, 0.1) is 0 Å². The summed E-state index contributed by atoms with van der Waals surface area (Å²) < 4.78 is 0. The third-order valence-corrected chi connectivity index (χ3v) is 5.67. The summed E-state index contributed by atoms with van der Waals surface area (Å²) in [6, 6.07) is 22.1. The van der Waals surface area contributed by atoms with E-state index in [4.69, 9.17) is 23.2 Å². The number of nitrogens with one attached hydrogen (secondary N) is 1. The number of amides is 1. The van der Waals surface area contributed by atoms with Crippen molar-refractivity contribution >= 4 is 46.7 Å². The average Bonchev–Trinajstić information content (AvgIpc) is 2.79. The van der Waals surface area contributed by atoms with Crippen LogP contribution in [-0.4, -0.2) is 25.8 Å². The molecule has 1 amide bonds. The van der Waals surface area contributed by atoms with Crippen molar-refractivity contribution in [1.82, 2.24) is 5.32 Å². The number of hydrogen-bond donors (Lipinski definition) is 1. The first-order valence-electron chi connectivity index (χ1n) is 10.1. The van der Waals surface area contributed by atoms with Gasteiger partial charge < -0.3 is 10.2 Å². The molecule has 6 heteroatoms. The van der Waals surface area contributed by atoms with Crippen molar-refractivity contribution in [2.75, 3.05) is 19.0 Å². The summed E-state index contributed by atoms with van der Waals surface area (Å²) in [5.74, 6) is -0.506. The lowest BCUT2D eigenvalue weighted by atomic mass is 10.00. The maximum atomic E-state index is 13.0. The van der Waals surface area contributed by atoms with Crippen molar-refractivity contribution in [3.05, 3.63) is 105 Å². The molecule has 3 aromatic carbocycles. The van der Waals surface area contributed by atoms with Gasteiger partial charge in [-0.3, -0.25) is 9.59 Å². The zero-order valence-corrected chi connectivity index (χ0v) is 19.5. The van der Waals surface area contributed by atoms with Crippen LogP contribution in [0.3, 0.4) is 0 Å². The minimum atomic E-state index is -0.293. The molecule has 4 nitrogen and oxygen atoms in total. The number of carbonyl (C=O) groups is 2. The van der Waals surface area contributed by atoms with Gasteiger partial charge in [-0.2, -0.15) is 0 Å². The Labute approximate surface area is 198 Å². The van der Waals surface area contributed by atoms with Crippen LogP contribution in [-0.2, 0) is 11.3 Å². The van der Waals surface area contributed by atoms with E-state index in [0.717, 1.165) is 16.8 Å². The van der Waals surface area contributed by atoms with E-state index in [1.807, 2.05) is 73.6 Å². The number of rotatable bonds is 8. The molecule has 0 atom stereocenters. The molecule has 0 saturated carbocycles. The second-order valence-electron chi connectivity index (χ2n) is 7.55. The summed E-state index contributed by atoms with van der Waals surface area (Å²) in [5, 5.41) is 3.59. The maximum absolute atomic E-state index is 13.0. The highest BCUT2D eigenvalue weighted by Crippen LogP contribution is 2.24. The molecule has 0 spiro atoms. The molecular formula is C26H24Cl2N2O2. The molecule has 1 N–H and O–H groups in total. The lowest BCUT2D eigenvalue weighted by Crippen LogP contribution is -2.25. The monoisotopic (exact) mass is 466 g/mol. The van der Waals surface area contributed by atoms with Crippen LogP contribution >= 0.6 is 23.2 Å². The second kappa shape index (κ2) is 11.0. The highest BCUT2D eigenvalue weighted by atomic mass is 35.5. The number of ketones is 1. The maximum Gasteiger partial charge on any atom is 0.247 e. The molecule has 0 fully saturated rings. The topological polar surface area (TPSA) is 49.4 Å². The van der Waals surface area contributed by atoms with E-state index < -0.39 is 0 Å². The van der Waals surface area contributed by atoms with Crippen LogP contribution in [0.4, 0.5) is 5.69 Å². The summed E-state index contributed by atoms with van der Waals surface area (Å²) in [7, 11) is 3.92. The van der Waals surface area contributed by atoms with E-state index in [1.54, 1.807) is 18.2 Å². The van der Waals surface area contributed by atoms with Crippen LogP contribution in [0.5, 0.6) is 0 Å². The number of Topliss-reactive ketones (excluding diaryl/α,β-unsaturated/α-hetero) is 1. The Morgan fingerprint density at radius 1 is 0.906 bits per heavy atom. The number of carbonyl (C=O) groups excluding carboxylic acids is 2. The number of hydrogen-bond acceptors (Lipinski definition) is 3. The van der Waals surface area contributed by atoms with Crippen molar-refractivity contribution in [3.63, 3.8) is 0 Å². The quantitative estimate of drug-likeness (QED) is 0.325. The number of benzene rings is 3. The largest absolute Gasteiger partial charge is 0.378 e. The van der Waals surface area contributed by atoms with E-state index in [0.29, 0.717) is 27.7 Å². The summed E-state index contributed by atoms with van der Waals surface area (Å²) in [6.07, 6.45) is 1.68. The Morgan fingerprint density at radius 2 is 1.59 bits per heavy atom. The third kappa shape index (κ3) is 6.46. The minimum absolute atomic E-state index is 0.0615. The Bertz CT molecular complexity index is 1120. The summed E-state index contributed by atoms with van der Waals surface area (Å²) in [4.78, 5) is 27.9. The van der Waals surface area contributed by atoms with Gasteiger partial charge >= 0.3 is 0 Å². The van der Waals surface area contributed by atoms with E-state index in [2.05, 4.69) is 5.32 Å². The second-order valence-corrected chi connectivity index (χ2v) is 8.37. The van der Waals surface area contributed by atoms with Crippen molar-refractivity contribution in [1.29, 1.82) is 0 Å². The minimum Gasteiger partial charge on any atom is -0.378 e. The first-order valence-corrected chi connectivity index (χ1v) is 10.9. The molecule has 0 bridgehead atoms. The van der Waals surface area contributed by atoms with Gasteiger partial charge in [-0.1, -0.05) is 65.7 Å². The van der Waals surface area contributed by atoms with E-state index in [9.17, 15) is 9.59 Å². The van der Waals surface area contributed by atoms with Gasteiger partial charge in [0.15, 0.2) is 5.78 Å². The standard InChI is InChI=1S/C26H24Cl2N2O2/c1-30(2)22-11-8-18(9-12-22)14-21(26(32)29-17-19-6-4-3-5-7-19)16-25(31)20-10-13-23(27)24(28)15-20/h3-15H,16-17H2,1-2H3,(H,29,32)/b21-14+. The van der Waals surface area contributed by atoms with Gasteiger partial charge in [-0.15, -0.1) is 0 Å². The molecule has 0 aromatic heterocycles. The van der Waals surface area contributed by atoms with Crippen LogP contribution in [0.25, 0.3) is 6.08 Å². The molecule has 0 unspecified atom stereocenters. The van der Waals surface area contributed by atoms with Gasteiger partial charge in [0, 0.05) is 43.9 Å². The molecule has 3 rings (SSSR count). The predicted molar refractivity (Wildman–Crippen MR) is 132 cm³/mol. The smallest absolute Gasteiger partial charge is 0.247 e. The first kappa shape index (κ1) is 23.6. The van der Waals surface area contributed by atoms with Gasteiger partial charge in [0.25, 0.3) is 0 Å². The summed E-state index contributed by atoms with van der Waals surface area (Å²) in [6.45, 7) is 0.373. The zero-order chi connectivity index (χ0) is 23.1. The third-order valence-electron chi connectivity index (χ3n) is 4.93. The van der Waals surface area contributed by atoms with Crippen LogP contribution < -0.4 is 10.2 Å². The van der Waals surface area contributed by atoms with Crippen molar-refractivity contribution in [2.45, 2.75) is 13.0 Å². The molecule has 164 valence electrons. The molecule has 0 saturated heterocycles. The fourth-order valence-corrected chi connectivity index (χ4v) is 3.40. The molecule has 0 aliphatic rings. The fraction of sp³-hybridized carbons (Fsp3) is 0.154. The zero-order valence-electron chi connectivity index (χ0n) is 17.9. The Balaban J connectivity index is 1.84. The van der Waals surface area contributed by atoms with Gasteiger partial charge in [-0.25, -0.2) is 0 Å². The number of anilines is 1. The van der Waals surface area contributed by atoms with E-state index in [-0.39, 0.29) is 18.1 Å². The molecule has 0 aliphatic heterocycles. The molecule has 32 heavy (non-hydrogen) atoms. The molecule has 3 aromatic rings. The predicted octanol–water partition coefficient (Wildman–Crippen LogP) is 6.03. The van der Waals surface area contributed by atoms with E-state index in [1.165, 1.54) is 6.07 Å². The van der Waals surface area contributed by atoms with E-state index >= 15 is 0 Å². The fourth-order valence-electron chi connectivity index (χ4n) is 3.10. The summed E-state index contributed by atoms with van der Waals surface area (Å²) in [5.41, 5.74) is 3.64. The molecule has 0 heterocycles. The Kier molecular flexibility index (Phi) is 8.09. The normalized spacial score (nSPS) is 11.2. The van der Waals surface area contributed by atoms with Crippen molar-refractivity contribution in [2.24, 2.45) is 0 Å². The molecule has 0 radical (unpaired) electrons. The number of halogens is 2. The van der Waals surface area contributed by atoms with Crippen LogP contribution in [0.15, 0.2) is 78.4 Å². The van der Waals surface area contributed by atoms with Gasteiger partial charge in [0.2, 0.25) is 5.91 Å². The van der Waals surface area contributed by atoms with Crippen molar-refractivity contribution in [3.8, 4) is 0 Å². The highest BCUT2D eigenvalue weighted by Gasteiger charge is 2.17. The van der Waals surface area contributed by atoms with Crippen molar-refractivity contribution < 1.29 is 9.59 Å². The van der Waals surface area contributed by atoms with Crippen LogP contribution in [0.2, 0.25) is 10.0 Å². The first-order chi connectivity index (χ1) is 15.3. The summed E-state index contributed by atoms with van der Waals surface area (Å²) >= 11 is 12.0.